The minimum absolute atomic E-state index is 0.143. The average Bonchev–Trinajstić information content (AvgIpc) is 3.26. The van der Waals surface area contributed by atoms with Gasteiger partial charge in [0, 0.05) is 6.42 Å². The summed E-state index contributed by atoms with van der Waals surface area (Å²) in [5.41, 5.74) is 10.8. The maximum atomic E-state index is 13.3. The van der Waals surface area contributed by atoms with E-state index in [9.17, 15) is 14.4 Å². The van der Waals surface area contributed by atoms with Crippen molar-refractivity contribution in [3.8, 4) is 16.8 Å². The lowest BCUT2D eigenvalue weighted by molar-refractivity contribution is -0.137. The number of benzene rings is 3. The molecule has 4 aromatic rings. The molecule has 4 rings (SSSR count). The van der Waals surface area contributed by atoms with Gasteiger partial charge in [0.25, 0.3) is 11.8 Å². The van der Waals surface area contributed by atoms with Crippen LogP contribution in [0.25, 0.3) is 16.8 Å². The van der Waals surface area contributed by atoms with E-state index in [0.717, 1.165) is 22.3 Å². The van der Waals surface area contributed by atoms with Crippen molar-refractivity contribution in [1.82, 2.24) is 15.1 Å². The van der Waals surface area contributed by atoms with Crippen LogP contribution in [0.4, 0.5) is 0 Å². The molecule has 0 bridgehead atoms. The first kappa shape index (κ1) is 23.6. The molecule has 35 heavy (non-hydrogen) atoms. The Morgan fingerprint density at radius 3 is 2.34 bits per heavy atom. The van der Waals surface area contributed by atoms with Crippen molar-refractivity contribution in [2.75, 3.05) is 0 Å². The topological polar surface area (TPSA) is 107 Å². The molecule has 7 nitrogen and oxygen atoms in total. The van der Waals surface area contributed by atoms with Gasteiger partial charge in [0.2, 0.25) is 5.78 Å². The maximum absolute atomic E-state index is 13.3. The van der Waals surface area contributed by atoms with Gasteiger partial charge in [0.05, 0.1) is 11.4 Å². The van der Waals surface area contributed by atoms with Crippen molar-refractivity contribution in [3.63, 3.8) is 0 Å². The molecule has 0 aliphatic heterocycles. The lowest BCUT2D eigenvalue weighted by atomic mass is 10.0. The normalized spacial score (nSPS) is 11.6. The minimum Gasteiger partial charge on any atom is -0.363 e. The molecule has 2 amide bonds. The first-order chi connectivity index (χ1) is 16.8. The van der Waals surface area contributed by atoms with Gasteiger partial charge >= 0.3 is 0 Å². The van der Waals surface area contributed by atoms with Crippen LogP contribution in [0, 0.1) is 13.8 Å². The molecule has 0 spiro atoms. The Bertz CT molecular complexity index is 1390. The zero-order valence-electron chi connectivity index (χ0n) is 19.6. The standard InChI is InChI=1S/C28H26N4O3/c1-18-9-6-7-14-23(18)21-12-8-13-22(17-21)32-25(15-19(2)31-32)28(35)30-24(26(33)27(29)34)16-20-10-4-3-5-11-20/h3-15,17,24H,16H2,1-2H3,(H2,29,34)(H,30,35). The van der Waals surface area contributed by atoms with E-state index in [1.165, 1.54) is 0 Å². The molecule has 0 saturated heterocycles. The number of carbonyl (C=O) groups excluding carboxylic acids is 3. The first-order valence-corrected chi connectivity index (χ1v) is 11.2. The zero-order valence-corrected chi connectivity index (χ0v) is 19.6. The van der Waals surface area contributed by atoms with Crippen molar-refractivity contribution in [1.29, 1.82) is 0 Å². The third kappa shape index (κ3) is 5.35. The number of ketones is 1. The van der Waals surface area contributed by atoms with Crippen LogP contribution >= 0.6 is 0 Å². The molecular weight excluding hydrogens is 440 g/mol. The molecule has 0 radical (unpaired) electrons. The number of nitrogens with two attached hydrogens (primary N) is 1. The third-order valence-corrected chi connectivity index (χ3v) is 5.76. The molecule has 0 fully saturated rings. The highest BCUT2D eigenvalue weighted by Gasteiger charge is 2.27. The van der Waals surface area contributed by atoms with E-state index >= 15 is 0 Å². The molecule has 1 heterocycles. The number of aryl methyl sites for hydroxylation is 2. The number of hydrogen-bond acceptors (Lipinski definition) is 4. The van der Waals surface area contributed by atoms with Crippen molar-refractivity contribution < 1.29 is 14.4 Å². The summed E-state index contributed by atoms with van der Waals surface area (Å²) in [6.45, 7) is 3.83. The van der Waals surface area contributed by atoms with E-state index in [2.05, 4.69) is 10.4 Å². The lowest BCUT2D eigenvalue weighted by Gasteiger charge is -2.17. The zero-order chi connectivity index (χ0) is 24.9. The second kappa shape index (κ2) is 10.2. The Labute approximate surface area is 203 Å². The van der Waals surface area contributed by atoms with E-state index in [4.69, 9.17) is 5.73 Å². The summed E-state index contributed by atoms with van der Waals surface area (Å²) in [5, 5.41) is 7.20. The molecule has 7 heteroatoms. The Morgan fingerprint density at radius 1 is 0.914 bits per heavy atom. The van der Waals surface area contributed by atoms with E-state index in [1.807, 2.05) is 85.8 Å². The summed E-state index contributed by atoms with van der Waals surface area (Å²) in [7, 11) is 0. The summed E-state index contributed by atoms with van der Waals surface area (Å²) in [4.78, 5) is 37.5. The summed E-state index contributed by atoms with van der Waals surface area (Å²) < 4.78 is 1.54. The molecule has 3 aromatic carbocycles. The van der Waals surface area contributed by atoms with E-state index in [0.29, 0.717) is 11.4 Å². The smallest absolute Gasteiger partial charge is 0.287 e. The highest BCUT2D eigenvalue weighted by atomic mass is 16.2. The Kier molecular flexibility index (Phi) is 6.87. The summed E-state index contributed by atoms with van der Waals surface area (Å²) in [6.07, 6.45) is 0.143. The number of primary amides is 1. The summed E-state index contributed by atoms with van der Waals surface area (Å²) in [6, 6.07) is 25.5. The molecule has 3 N–H and O–H groups in total. The molecule has 0 aliphatic carbocycles. The molecule has 176 valence electrons. The highest BCUT2D eigenvalue weighted by Crippen LogP contribution is 2.25. The van der Waals surface area contributed by atoms with Crippen LogP contribution < -0.4 is 11.1 Å². The van der Waals surface area contributed by atoms with Crippen LogP contribution in [0.1, 0.15) is 27.3 Å². The van der Waals surface area contributed by atoms with Gasteiger partial charge in [-0.3, -0.25) is 14.4 Å². The number of rotatable bonds is 8. The predicted molar refractivity (Wildman–Crippen MR) is 134 cm³/mol. The number of Topliss-reactive ketones (excluding diaryl/α,β-unsaturated/α-hetero) is 1. The van der Waals surface area contributed by atoms with Gasteiger partial charge < -0.3 is 11.1 Å². The van der Waals surface area contributed by atoms with E-state index in [1.54, 1.807) is 17.7 Å². The van der Waals surface area contributed by atoms with Crippen molar-refractivity contribution in [3.05, 3.63) is 107 Å². The van der Waals surface area contributed by atoms with Crippen LogP contribution in [0.15, 0.2) is 84.9 Å². The second-order valence-corrected chi connectivity index (χ2v) is 8.39. The average molecular weight is 467 g/mol. The van der Waals surface area contributed by atoms with Gasteiger partial charge in [0.15, 0.2) is 0 Å². The third-order valence-electron chi connectivity index (χ3n) is 5.76. The Morgan fingerprint density at radius 2 is 1.63 bits per heavy atom. The van der Waals surface area contributed by atoms with Crippen molar-refractivity contribution in [2.45, 2.75) is 26.3 Å². The van der Waals surface area contributed by atoms with Crippen LogP contribution in [0.3, 0.4) is 0 Å². The number of nitrogens with one attached hydrogen (secondary N) is 1. The van der Waals surface area contributed by atoms with Crippen LogP contribution in [-0.4, -0.2) is 33.4 Å². The van der Waals surface area contributed by atoms with Crippen LogP contribution in [-0.2, 0) is 16.0 Å². The molecule has 1 aromatic heterocycles. The van der Waals surface area contributed by atoms with Gasteiger partial charge in [-0.1, -0.05) is 66.7 Å². The van der Waals surface area contributed by atoms with Gasteiger partial charge in [0.1, 0.15) is 11.7 Å². The fourth-order valence-electron chi connectivity index (χ4n) is 4.02. The SMILES string of the molecule is Cc1cc(C(=O)NC(Cc2ccccc2)C(=O)C(N)=O)n(-c2cccc(-c3ccccc3C)c2)n1. The predicted octanol–water partition coefficient (Wildman–Crippen LogP) is 3.55. The van der Waals surface area contributed by atoms with Crippen molar-refractivity contribution >= 4 is 17.6 Å². The van der Waals surface area contributed by atoms with Gasteiger partial charge in [-0.15, -0.1) is 0 Å². The molecular formula is C28H26N4O3. The van der Waals surface area contributed by atoms with Crippen LogP contribution in [0.2, 0.25) is 0 Å². The maximum Gasteiger partial charge on any atom is 0.287 e. The van der Waals surface area contributed by atoms with Gasteiger partial charge in [-0.05, 0) is 54.3 Å². The summed E-state index contributed by atoms with van der Waals surface area (Å²) >= 11 is 0. The van der Waals surface area contributed by atoms with Crippen molar-refractivity contribution in [2.24, 2.45) is 5.73 Å². The fourth-order valence-corrected chi connectivity index (χ4v) is 4.02. The Hall–Kier alpha value is -4.52. The number of aromatic nitrogens is 2. The largest absolute Gasteiger partial charge is 0.363 e. The number of carbonyl (C=O) groups is 3. The van der Waals surface area contributed by atoms with Gasteiger partial charge in [-0.2, -0.15) is 5.10 Å². The van der Waals surface area contributed by atoms with Gasteiger partial charge in [-0.25, -0.2) is 4.68 Å². The number of amides is 2. The quantitative estimate of drug-likeness (QED) is 0.387. The van der Waals surface area contributed by atoms with E-state index < -0.39 is 23.6 Å². The molecule has 0 saturated carbocycles. The monoisotopic (exact) mass is 466 g/mol. The Balaban J connectivity index is 1.66. The second-order valence-electron chi connectivity index (χ2n) is 8.39. The van der Waals surface area contributed by atoms with E-state index in [-0.39, 0.29) is 12.1 Å². The molecule has 1 unspecified atom stereocenters. The fraction of sp³-hybridized carbons (Fsp3) is 0.143. The molecule has 1 atom stereocenters. The lowest BCUT2D eigenvalue weighted by Crippen LogP contribution is -2.47. The van der Waals surface area contributed by atoms with Crippen LogP contribution in [0.5, 0.6) is 0 Å². The highest BCUT2D eigenvalue weighted by molar-refractivity contribution is 6.38. The first-order valence-electron chi connectivity index (χ1n) is 11.2. The number of nitrogens with zero attached hydrogens (tertiary/aromatic N) is 2. The summed E-state index contributed by atoms with van der Waals surface area (Å²) in [5.74, 6) is -2.48. The minimum atomic E-state index is -1.10. The number of hydrogen-bond donors (Lipinski definition) is 2. The molecule has 0 aliphatic rings.